The molecule has 0 radical (unpaired) electrons. The second kappa shape index (κ2) is 3.69. The van der Waals surface area contributed by atoms with E-state index in [0.717, 1.165) is 6.54 Å². The number of aryl methyl sites for hydroxylation is 1. The molecule has 1 heterocycles. The van der Waals surface area contributed by atoms with Crippen molar-refractivity contribution in [3.63, 3.8) is 0 Å². The Morgan fingerprint density at radius 1 is 1.38 bits per heavy atom. The summed E-state index contributed by atoms with van der Waals surface area (Å²) in [6.45, 7) is 3.32. The van der Waals surface area contributed by atoms with Gasteiger partial charge in [0.25, 0.3) is 0 Å². The fraction of sp³-hybridized carbons (Fsp3) is 0.364. The molecule has 1 aromatic rings. The molecule has 0 saturated carbocycles. The van der Waals surface area contributed by atoms with Crippen LogP contribution in [0.1, 0.15) is 18.9 Å². The molecule has 13 heavy (non-hydrogen) atoms. The molecule has 2 rings (SSSR count). The number of hydrogen-bond donors (Lipinski definition) is 0. The molecule has 2 heteroatoms. The third kappa shape index (κ3) is 1.72. The third-order valence-corrected chi connectivity index (χ3v) is 2.88. The molecule has 0 spiro atoms. The van der Waals surface area contributed by atoms with E-state index >= 15 is 0 Å². The molecule has 0 N–H and O–H groups in total. The topological polar surface area (TPSA) is 3.24 Å². The summed E-state index contributed by atoms with van der Waals surface area (Å²) >= 11 is 2.64. The summed E-state index contributed by atoms with van der Waals surface area (Å²) in [5.41, 5.74) is 2.88. The summed E-state index contributed by atoms with van der Waals surface area (Å²) < 4.78 is 1.33. The SMILES string of the molecule is C[C](=[V])N1CCCc2ccccc21. The first kappa shape index (κ1) is 9.05. The van der Waals surface area contributed by atoms with Crippen LogP contribution in [0.3, 0.4) is 0 Å². The van der Waals surface area contributed by atoms with Crippen molar-refractivity contribution < 1.29 is 17.0 Å². The van der Waals surface area contributed by atoms with Crippen molar-refractivity contribution in [3.05, 3.63) is 29.8 Å². The van der Waals surface area contributed by atoms with Crippen molar-refractivity contribution in [3.8, 4) is 0 Å². The van der Waals surface area contributed by atoms with Crippen LogP contribution in [0.2, 0.25) is 0 Å². The molecule has 67 valence electrons. The van der Waals surface area contributed by atoms with Crippen LogP contribution in [0.15, 0.2) is 24.3 Å². The molecular formula is C11H13NV. The molecule has 0 atom stereocenters. The number of fused-ring (bicyclic) bond motifs is 1. The van der Waals surface area contributed by atoms with Crippen LogP contribution in [0.25, 0.3) is 0 Å². The Morgan fingerprint density at radius 3 is 2.92 bits per heavy atom. The van der Waals surface area contributed by atoms with Gasteiger partial charge in [0.2, 0.25) is 0 Å². The van der Waals surface area contributed by atoms with E-state index in [1.54, 1.807) is 0 Å². The van der Waals surface area contributed by atoms with Gasteiger partial charge in [-0.25, -0.2) is 0 Å². The molecule has 0 saturated heterocycles. The van der Waals surface area contributed by atoms with Crippen molar-refractivity contribution >= 4 is 10.0 Å². The maximum atomic E-state index is 2.64. The van der Waals surface area contributed by atoms with Crippen LogP contribution in [0, 0.1) is 0 Å². The molecule has 0 unspecified atom stereocenters. The van der Waals surface area contributed by atoms with Gasteiger partial charge in [-0.1, -0.05) is 0 Å². The number of nitrogens with zero attached hydrogens (tertiary/aromatic N) is 1. The molecule has 1 nitrogen and oxygen atoms in total. The zero-order valence-corrected chi connectivity index (χ0v) is 9.22. The molecule has 0 fully saturated rings. The number of benzene rings is 1. The first-order chi connectivity index (χ1) is 6.29. The minimum atomic E-state index is 1.16. The van der Waals surface area contributed by atoms with Gasteiger partial charge in [0.05, 0.1) is 0 Å². The van der Waals surface area contributed by atoms with Crippen LogP contribution < -0.4 is 4.90 Å². The van der Waals surface area contributed by atoms with E-state index in [-0.39, 0.29) is 0 Å². The molecule has 1 aromatic carbocycles. The number of rotatable bonds is 1. The maximum absolute atomic E-state index is 2.64. The zero-order chi connectivity index (χ0) is 9.26. The second-order valence-corrected chi connectivity index (χ2v) is 4.44. The van der Waals surface area contributed by atoms with Crippen molar-refractivity contribution in [2.75, 3.05) is 11.4 Å². The summed E-state index contributed by atoms with van der Waals surface area (Å²) in [7, 11) is 0. The van der Waals surface area contributed by atoms with Gasteiger partial charge in [0.1, 0.15) is 0 Å². The summed E-state index contributed by atoms with van der Waals surface area (Å²) in [4.78, 5) is 2.39. The Morgan fingerprint density at radius 2 is 2.15 bits per heavy atom. The predicted molar refractivity (Wildman–Crippen MR) is 52.8 cm³/mol. The molecule has 0 aliphatic carbocycles. The van der Waals surface area contributed by atoms with Crippen molar-refractivity contribution in [2.24, 2.45) is 0 Å². The Bertz CT molecular complexity index is 333. The second-order valence-electron chi connectivity index (χ2n) is 3.43. The van der Waals surface area contributed by atoms with Gasteiger partial charge in [-0.2, -0.15) is 0 Å². The van der Waals surface area contributed by atoms with Gasteiger partial charge in [-0.15, -0.1) is 0 Å². The number of para-hydroxylation sites is 1. The summed E-state index contributed by atoms with van der Waals surface area (Å²) in [5, 5.41) is 0. The van der Waals surface area contributed by atoms with Crippen molar-refractivity contribution in [1.29, 1.82) is 0 Å². The van der Waals surface area contributed by atoms with Gasteiger partial charge in [-0.3, -0.25) is 0 Å². The Balaban J connectivity index is 2.42. The van der Waals surface area contributed by atoms with Gasteiger partial charge in [0, 0.05) is 0 Å². The van der Waals surface area contributed by atoms with Gasteiger partial charge < -0.3 is 0 Å². The number of hydrogen-bond acceptors (Lipinski definition) is 1. The predicted octanol–water partition coefficient (Wildman–Crippen LogP) is 2.14. The molecular weight excluding hydrogens is 197 g/mol. The van der Waals surface area contributed by atoms with E-state index in [2.05, 4.69) is 53.1 Å². The summed E-state index contributed by atoms with van der Waals surface area (Å²) in [6, 6.07) is 8.69. The van der Waals surface area contributed by atoms with Crippen LogP contribution in [0.4, 0.5) is 5.69 Å². The van der Waals surface area contributed by atoms with E-state index in [1.807, 2.05) is 0 Å². The standard InChI is InChI=1S/C11H13N.V/c1-2-12-9-5-7-10-6-3-4-8-11(10)12;/h3-4,6,8H,5,7,9H2,1H3;. The van der Waals surface area contributed by atoms with E-state index in [1.165, 1.54) is 28.4 Å². The summed E-state index contributed by atoms with van der Waals surface area (Å²) in [5.74, 6) is 0. The Labute approximate surface area is 88.2 Å². The molecule has 0 bridgehead atoms. The fourth-order valence-corrected chi connectivity index (χ4v) is 2.19. The molecule has 0 amide bonds. The van der Waals surface area contributed by atoms with E-state index in [4.69, 9.17) is 0 Å². The van der Waals surface area contributed by atoms with Gasteiger partial charge >= 0.3 is 88.1 Å². The van der Waals surface area contributed by atoms with Crippen LogP contribution in [0.5, 0.6) is 0 Å². The average molecular weight is 210 g/mol. The fourth-order valence-electron chi connectivity index (χ4n) is 1.87. The first-order valence-electron chi connectivity index (χ1n) is 4.67. The van der Waals surface area contributed by atoms with Gasteiger partial charge in [-0.05, 0) is 0 Å². The zero-order valence-electron chi connectivity index (χ0n) is 7.83. The van der Waals surface area contributed by atoms with E-state index < -0.39 is 0 Å². The monoisotopic (exact) mass is 210 g/mol. The van der Waals surface area contributed by atoms with Crippen LogP contribution in [-0.4, -0.2) is 10.9 Å². The van der Waals surface area contributed by atoms with Gasteiger partial charge in [0.15, 0.2) is 0 Å². The Kier molecular flexibility index (Phi) is 2.57. The van der Waals surface area contributed by atoms with Crippen molar-refractivity contribution in [2.45, 2.75) is 19.8 Å². The number of anilines is 1. The Hall–Kier alpha value is -0.526. The molecule has 1 aliphatic rings. The van der Waals surface area contributed by atoms with Crippen LogP contribution >= 0.6 is 0 Å². The van der Waals surface area contributed by atoms with E-state index in [0.29, 0.717) is 0 Å². The summed E-state index contributed by atoms with van der Waals surface area (Å²) in [6.07, 6.45) is 2.50. The van der Waals surface area contributed by atoms with Crippen molar-refractivity contribution in [1.82, 2.24) is 0 Å². The third-order valence-electron chi connectivity index (χ3n) is 2.50. The quantitative estimate of drug-likeness (QED) is 0.686. The van der Waals surface area contributed by atoms with Crippen LogP contribution in [-0.2, 0) is 23.4 Å². The molecule has 1 aliphatic heterocycles. The first-order valence-corrected chi connectivity index (χ1v) is 5.37. The normalized spacial score (nSPS) is 15.2. The molecule has 0 aromatic heterocycles. The minimum absolute atomic E-state index is 1.16. The van der Waals surface area contributed by atoms with E-state index in [9.17, 15) is 0 Å². The average Bonchev–Trinajstić information content (AvgIpc) is 2.17.